The van der Waals surface area contributed by atoms with Gasteiger partial charge in [-0.15, -0.1) is 0 Å². The van der Waals surface area contributed by atoms with Crippen LogP contribution in [0.2, 0.25) is 0 Å². The molecule has 1 aliphatic heterocycles. The van der Waals surface area contributed by atoms with Crippen LogP contribution in [0.3, 0.4) is 0 Å². The lowest BCUT2D eigenvalue weighted by molar-refractivity contribution is -0.143. The molecule has 5 rings (SSSR count). The Hall–Kier alpha value is -10.8. The normalized spacial score (nSPS) is 16.5. The van der Waals surface area contributed by atoms with Gasteiger partial charge in [-0.3, -0.25) is 77.6 Å². The molecule has 36 heteroatoms. The van der Waals surface area contributed by atoms with Crippen molar-refractivity contribution in [3.8, 4) is 5.75 Å². The van der Waals surface area contributed by atoms with Gasteiger partial charge < -0.3 is 100 Å². The standard InChI is InChI=1S/C72H104N16O20/c1-43(2)31-51(64(100)83-55(68(104)85-58(42-90)71(107)108)35-48(37-73)47-17-10-5-11-18-47)79-65(101)54(34-46-20-22-49(91)23-21-46)80-63(99)50(19-12-24-76-72(74)75)78-70(106)57(41-89)84-67(103)53(33-45-15-8-4-9-16-45)81-66(102)52(32-44-13-6-3-7-14-44)82-69(105)56(36-60(93)94)77-59(92)38-86-25-27-87(39-61(95)96)29-30-88(28-26-86)40-62(97)98/h4-5,8-11,15-18,20-23,37,43-44,50-58,89-91H,3,6-7,12-14,19,24-36,38-42,73H2,1-2H3,(H,77,92)(H,78,106)(H,79,101)(H,80,99)(H,81,102)(H,82,105)(H,83,100)(H,84,103)(H,85,104)(H,93,94)(H,95,96)(H,97,98)(H,107,108)(H4,74,75,76)/b48-37-. The van der Waals surface area contributed by atoms with Gasteiger partial charge in [0, 0.05) is 65.1 Å². The van der Waals surface area contributed by atoms with Gasteiger partial charge in [-0.25, -0.2) is 4.79 Å². The minimum atomic E-state index is -1.88. The summed E-state index contributed by atoms with van der Waals surface area (Å²) in [5.74, 6) is -15.4. The number of aliphatic carboxylic acids is 4. The van der Waals surface area contributed by atoms with E-state index in [9.17, 15) is 98.1 Å². The Morgan fingerprint density at radius 1 is 0.491 bits per heavy atom. The van der Waals surface area contributed by atoms with E-state index >= 15 is 0 Å². The molecule has 1 aliphatic carbocycles. The average molecular weight is 1510 g/mol. The van der Waals surface area contributed by atoms with E-state index in [4.69, 9.17) is 16.9 Å². The highest BCUT2D eigenvalue weighted by Crippen LogP contribution is 2.28. The number of hydrogen-bond acceptors (Lipinski definition) is 21. The zero-order valence-electron chi connectivity index (χ0n) is 60.6. The van der Waals surface area contributed by atoms with Crippen LogP contribution in [-0.4, -0.2) is 266 Å². The van der Waals surface area contributed by atoms with Crippen molar-refractivity contribution in [1.29, 1.82) is 5.41 Å². The summed E-state index contributed by atoms with van der Waals surface area (Å²) < 4.78 is 0. The van der Waals surface area contributed by atoms with Crippen molar-refractivity contribution in [2.45, 2.75) is 152 Å². The number of carbonyl (C=O) groups is 13. The fraction of sp³-hybridized carbons (Fsp3) is 0.528. The summed E-state index contributed by atoms with van der Waals surface area (Å²) >= 11 is 0. The molecule has 0 radical (unpaired) electrons. The first kappa shape index (κ1) is 87.8. The molecule has 2 fully saturated rings. The highest BCUT2D eigenvalue weighted by Gasteiger charge is 2.38. The van der Waals surface area contributed by atoms with E-state index in [0.29, 0.717) is 35.1 Å². The molecule has 3 aromatic carbocycles. The second-order valence-electron chi connectivity index (χ2n) is 27.2. The van der Waals surface area contributed by atoms with Gasteiger partial charge in [-0.2, -0.15) is 0 Å². The molecule has 108 heavy (non-hydrogen) atoms. The number of carboxylic acid groups (broad SMARTS) is 4. The summed E-state index contributed by atoms with van der Waals surface area (Å²) in [4.78, 5) is 183. The minimum Gasteiger partial charge on any atom is -0.508 e. The average Bonchev–Trinajstić information content (AvgIpc) is 0.919. The lowest BCUT2D eigenvalue weighted by Crippen LogP contribution is -2.61. The van der Waals surface area contributed by atoms with Gasteiger partial charge in [0.1, 0.15) is 60.1 Å². The number of amides is 9. The number of aliphatic hydroxyl groups is 2. The van der Waals surface area contributed by atoms with Crippen LogP contribution < -0.4 is 64.6 Å². The van der Waals surface area contributed by atoms with Crippen molar-refractivity contribution < 1.29 is 98.1 Å². The number of carbonyl (C=O) groups excluding carboxylic acids is 9. The molecule has 0 bridgehead atoms. The molecule has 22 N–H and O–H groups in total. The molecule has 3 aromatic rings. The number of nitrogens with one attached hydrogen (secondary N) is 11. The summed E-state index contributed by atoms with van der Waals surface area (Å²) in [6.07, 6.45) is 2.74. The molecule has 1 saturated carbocycles. The van der Waals surface area contributed by atoms with Crippen molar-refractivity contribution in [2.24, 2.45) is 23.3 Å². The molecule has 1 saturated heterocycles. The van der Waals surface area contributed by atoms with Gasteiger partial charge in [0.25, 0.3) is 0 Å². The van der Waals surface area contributed by atoms with E-state index in [-0.39, 0.29) is 121 Å². The first-order valence-electron chi connectivity index (χ1n) is 35.8. The number of rotatable bonds is 43. The van der Waals surface area contributed by atoms with E-state index in [2.05, 4.69) is 53.2 Å². The Morgan fingerprint density at radius 3 is 1.40 bits per heavy atom. The van der Waals surface area contributed by atoms with Gasteiger partial charge >= 0.3 is 23.9 Å². The number of aromatic hydroxyl groups is 1. The molecule has 9 atom stereocenters. The van der Waals surface area contributed by atoms with Crippen LogP contribution in [0.15, 0.2) is 91.1 Å². The Balaban J connectivity index is 1.41. The summed E-state index contributed by atoms with van der Waals surface area (Å²) in [5, 5.41) is 103. The van der Waals surface area contributed by atoms with Crippen LogP contribution in [0.25, 0.3) is 5.57 Å². The molecule has 9 amide bonds. The zero-order valence-corrected chi connectivity index (χ0v) is 60.6. The van der Waals surface area contributed by atoms with Crippen LogP contribution in [0.4, 0.5) is 0 Å². The summed E-state index contributed by atoms with van der Waals surface area (Å²) in [6.45, 7) is 1.16. The van der Waals surface area contributed by atoms with Gasteiger partial charge in [0.2, 0.25) is 53.2 Å². The van der Waals surface area contributed by atoms with Crippen molar-refractivity contribution in [2.75, 3.05) is 78.7 Å². The predicted molar refractivity (Wildman–Crippen MR) is 391 cm³/mol. The van der Waals surface area contributed by atoms with Crippen molar-refractivity contribution in [3.05, 3.63) is 108 Å². The molecule has 2 aliphatic rings. The topological polar surface area (TPSA) is 569 Å². The van der Waals surface area contributed by atoms with Crippen LogP contribution >= 0.6 is 0 Å². The Labute approximate surface area is 624 Å². The maximum atomic E-state index is 14.9. The van der Waals surface area contributed by atoms with Gasteiger partial charge in [-0.05, 0) is 78.1 Å². The van der Waals surface area contributed by atoms with Gasteiger partial charge in [0.15, 0.2) is 5.96 Å². The van der Waals surface area contributed by atoms with Gasteiger partial charge in [-0.1, -0.05) is 119 Å². The molecule has 9 unspecified atom stereocenters. The number of benzene rings is 3. The largest absolute Gasteiger partial charge is 0.508 e. The monoisotopic (exact) mass is 1510 g/mol. The smallest absolute Gasteiger partial charge is 0.328 e. The van der Waals surface area contributed by atoms with Gasteiger partial charge in [0.05, 0.1) is 39.3 Å². The van der Waals surface area contributed by atoms with Crippen molar-refractivity contribution in [3.63, 3.8) is 0 Å². The van der Waals surface area contributed by atoms with Crippen LogP contribution in [-0.2, 0) is 75.2 Å². The second-order valence-corrected chi connectivity index (χ2v) is 27.2. The van der Waals surface area contributed by atoms with E-state index in [0.717, 1.165) is 19.3 Å². The second kappa shape index (κ2) is 45.6. The van der Waals surface area contributed by atoms with Crippen molar-refractivity contribution >= 4 is 88.6 Å². The number of nitrogens with zero attached hydrogens (tertiary/aromatic N) is 3. The maximum Gasteiger partial charge on any atom is 0.328 e. The zero-order chi connectivity index (χ0) is 79.4. The number of hydrogen-bond donors (Lipinski definition) is 20. The first-order chi connectivity index (χ1) is 51.4. The lowest BCUT2D eigenvalue weighted by Gasteiger charge is -2.30. The summed E-state index contributed by atoms with van der Waals surface area (Å²) in [7, 11) is 0. The van der Waals surface area contributed by atoms with Crippen molar-refractivity contribution in [1.82, 2.24) is 67.9 Å². The highest BCUT2D eigenvalue weighted by molar-refractivity contribution is 5.99. The predicted octanol–water partition coefficient (Wildman–Crippen LogP) is -3.16. The third-order valence-corrected chi connectivity index (χ3v) is 18.1. The quantitative estimate of drug-likeness (QED) is 0.0151. The number of aliphatic hydroxyl groups excluding tert-OH is 2. The van der Waals surface area contributed by atoms with E-state index < -0.39 is 164 Å². The number of carboxylic acids is 4. The minimum absolute atomic E-state index is 0.00397. The number of nitrogens with two attached hydrogens (primary N) is 2. The number of phenols is 1. The van der Waals surface area contributed by atoms with Crippen LogP contribution in [0, 0.1) is 17.2 Å². The molecule has 0 spiro atoms. The van der Waals surface area contributed by atoms with E-state index in [1.165, 1.54) is 30.5 Å². The Kier molecular flexibility index (Phi) is 37.1. The number of phenolic OH excluding ortho intramolecular Hbond substituents is 1. The fourth-order valence-corrected chi connectivity index (χ4v) is 12.4. The molecule has 36 nitrogen and oxygen atoms in total. The molecule has 0 aromatic heterocycles. The maximum absolute atomic E-state index is 14.9. The Morgan fingerprint density at radius 2 is 0.907 bits per heavy atom. The molecular weight excluding hydrogens is 1410 g/mol. The highest BCUT2D eigenvalue weighted by atomic mass is 16.4. The third-order valence-electron chi connectivity index (χ3n) is 18.1. The van der Waals surface area contributed by atoms with E-state index in [1.54, 1.807) is 89.2 Å². The first-order valence-corrected chi connectivity index (χ1v) is 35.8. The fourth-order valence-electron chi connectivity index (χ4n) is 12.4. The molecule has 1 heterocycles. The molecular formula is C72H104N16O20. The third kappa shape index (κ3) is 31.7. The summed E-state index contributed by atoms with van der Waals surface area (Å²) in [6, 6.07) is 7.48. The van der Waals surface area contributed by atoms with Crippen LogP contribution in [0.1, 0.15) is 101 Å². The summed E-state index contributed by atoms with van der Waals surface area (Å²) in [5.41, 5.74) is 13.3. The molecule has 592 valence electrons. The SMILES string of the molecule is CC(C)CC(NC(=O)C(Cc1ccc(O)cc1)NC(=O)C(CCCNC(=N)N)NC(=O)C(CO)NC(=O)C(Cc1ccccc1)NC(=O)C(CC1CCCCC1)NC(=O)C(CC(=O)O)NC(=O)CN1CCN(CC(=O)O)CCN(CC(=O)O)CC1)C(=O)NC(C/C(=C/N)c1ccccc1)C(=O)NC(CO)C(=O)O. The van der Waals surface area contributed by atoms with E-state index in [1.807, 2.05) is 0 Å². The Bertz CT molecular complexity index is 3520. The number of guanidine groups is 1. The van der Waals surface area contributed by atoms with Crippen LogP contribution in [0.5, 0.6) is 5.75 Å². The lowest BCUT2D eigenvalue weighted by atomic mass is 9.84.